The standard InChI is InChI=1S/C21H20F2N2O4/c1-13(17-9-8-16(22)11-18(17)23)24-20(27)12-29-21(28)19(25-14(2)26)10-15-6-4-3-5-7-15/h3-11,13H,12H2,1-2H3,(H,24,27)(H,25,26)/b19-10-/t13-/m1/s1. The average Bonchev–Trinajstić information content (AvgIpc) is 2.66. The molecule has 0 heterocycles. The molecule has 0 aromatic heterocycles. The number of nitrogens with one attached hydrogen (secondary N) is 2. The van der Waals surface area contributed by atoms with Gasteiger partial charge in [0.2, 0.25) is 5.91 Å². The monoisotopic (exact) mass is 402 g/mol. The van der Waals surface area contributed by atoms with E-state index in [0.29, 0.717) is 11.6 Å². The van der Waals surface area contributed by atoms with E-state index in [-0.39, 0.29) is 11.3 Å². The van der Waals surface area contributed by atoms with E-state index in [2.05, 4.69) is 10.6 Å². The van der Waals surface area contributed by atoms with E-state index in [1.165, 1.54) is 26.0 Å². The van der Waals surface area contributed by atoms with Crippen molar-refractivity contribution in [1.29, 1.82) is 0 Å². The van der Waals surface area contributed by atoms with Crippen LogP contribution in [0.15, 0.2) is 54.2 Å². The Morgan fingerprint density at radius 2 is 1.79 bits per heavy atom. The average molecular weight is 402 g/mol. The maximum Gasteiger partial charge on any atom is 0.355 e. The molecule has 2 amide bonds. The summed E-state index contributed by atoms with van der Waals surface area (Å²) >= 11 is 0. The zero-order valence-electron chi connectivity index (χ0n) is 15.9. The third-order valence-electron chi connectivity index (χ3n) is 3.78. The van der Waals surface area contributed by atoms with E-state index in [1.807, 2.05) is 0 Å². The summed E-state index contributed by atoms with van der Waals surface area (Å²) in [7, 11) is 0. The smallest absolute Gasteiger partial charge is 0.355 e. The highest BCUT2D eigenvalue weighted by atomic mass is 19.1. The van der Waals surface area contributed by atoms with Gasteiger partial charge in [0.1, 0.15) is 17.3 Å². The van der Waals surface area contributed by atoms with Gasteiger partial charge in [-0.3, -0.25) is 9.59 Å². The Balaban J connectivity index is 1.98. The molecule has 152 valence electrons. The largest absolute Gasteiger partial charge is 0.451 e. The first kappa shape index (κ1) is 21.7. The lowest BCUT2D eigenvalue weighted by Gasteiger charge is -2.15. The number of hydrogen-bond donors (Lipinski definition) is 2. The molecular formula is C21H20F2N2O4. The van der Waals surface area contributed by atoms with Gasteiger partial charge in [-0.05, 0) is 24.6 Å². The zero-order chi connectivity index (χ0) is 21.4. The summed E-state index contributed by atoms with van der Waals surface area (Å²) < 4.78 is 31.7. The van der Waals surface area contributed by atoms with Crippen LogP contribution in [0, 0.1) is 11.6 Å². The lowest BCUT2D eigenvalue weighted by Crippen LogP contribution is -2.33. The highest BCUT2D eigenvalue weighted by Crippen LogP contribution is 2.17. The lowest BCUT2D eigenvalue weighted by atomic mass is 10.1. The van der Waals surface area contributed by atoms with Gasteiger partial charge in [-0.25, -0.2) is 13.6 Å². The van der Waals surface area contributed by atoms with Crippen molar-refractivity contribution >= 4 is 23.9 Å². The third kappa shape index (κ3) is 6.84. The number of benzene rings is 2. The minimum atomic E-state index is -0.903. The normalized spacial score (nSPS) is 12.1. The zero-order valence-corrected chi connectivity index (χ0v) is 15.9. The maximum absolute atomic E-state index is 13.8. The number of halogens is 2. The predicted octanol–water partition coefficient (Wildman–Crippen LogP) is 2.86. The molecule has 29 heavy (non-hydrogen) atoms. The van der Waals surface area contributed by atoms with E-state index in [4.69, 9.17) is 4.74 Å². The van der Waals surface area contributed by atoms with Crippen LogP contribution in [-0.2, 0) is 19.1 Å². The summed E-state index contributed by atoms with van der Waals surface area (Å²) in [5.41, 5.74) is 0.612. The minimum Gasteiger partial charge on any atom is -0.451 e. The number of carbonyl (C=O) groups excluding carboxylic acids is 3. The van der Waals surface area contributed by atoms with Gasteiger partial charge in [0.25, 0.3) is 5.91 Å². The van der Waals surface area contributed by atoms with E-state index in [9.17, 15) is 23.2 Å². The van der Waals surface area contributed by atoms with Crippen molar-refractivity contribution in [2.75, 3.05) is 6.61 Å². The molecule has 0 bridgehead atoms. The number of esters is 1. The Kier molecular flexibility index (Phi) is 7.59. The summed E-state index contributed by atoms with van der Waals surface area (Å²) in [5, 5.41) is 4.82. The molecule has 2 aromatic carbocycles. The summed E-state index contributed by atoms with van der Waals surface area (Å²) in [5.74, 6) is -3.59. The molecule has 0 saturated carbocycles. The summed E-state index contributed by atoms with van der Waals surface area (Å²) in [6.45, 7) is 2.10. The maximum atomic E-state index is 13.8. The molecule has 0 spiro atoms. The minimum absolute atomic E-state index is 0.0917. The SMILES string of the molecule is CC(=O)N/C(=C\c1ccccc1)C(=O)OCC(=O)N[C@H](C)c1ccc(F)cc1F. The Morgan fingerprint density at radius 3 is 2.41 bits per heavy atom. The fraction of sp³-hybridized carbons (Fsp3) is 0.190. The second-order valence-corrected chi connectivity index (χ2v) is 6.18. The van der Waals surface area contributed by atoms with Crippen LogP contribution in [0.2, 0.25) is 0 Å². The van der Waals surface area contributed by atoms with Crippen LogP contribution in [0.25, 0.3) is 6.08 Å². The van der Waals surface area contributed by atoms with Gasteiger partial charge in [-0.2, -0.15) is 0 Å². The topological polar surface area (TPSA) is 84.5 Å². The number of carbonyl (C=O) groups is 3. The highest BCUT2D eigenvalue weighted by Gasteiger charge is 2.18. The molecule has 0 aliphatic heterocycles. The second kappa shape index (κ2) is 10.1. The molecule has 0 aliphatic carbocycles. The van der Waals surface area contributed by atoms with Crippen molar-refractivity contribution in [3.63, 3.8) is 0 Å². The van der Waals surface area contributed by atoms with Crippen LogP contribution in [0.1, 0.15) is 31.0 Å². The molecule has 1 atom stereocenters. The number of hydrogen-bond acceptors (Lipinski definition) is 4. The molecule has 0 radical (unpaired) electrons. The van der Waals surface area contributed by atoms with Crippen LogP contribution in [0.3, 0.4) is 0 Å². The molecule has 0 fully saturated rings. The third-order valence-corrected chi connectivity index (χ3v) is 3.78. The molecule has 0 unspecified atom stereocenters. The van der Waals surface area contributed by atoms with Gasteiger partial charge in [0.15, 0.2) is 6.61 Å². The van der Waals surface area contributed by atoms with Crippen LogP contribution in [-0.4, -0.2) is 24.4 Å². The van der Waals surface area contributed by atoms with E-state index in [0.717, 1.165) is 6.07 Å². The number of amides is 2. The van der Waals surface area contributed by atoms with Crippen LogP contribution >= 0.6 is 0 Å². The number of rotatable bonds is 7. The van der Waals surface area contributed by atoms with E-state index in [1.54, 1.807) is 30.3 Å². The molecule has 0 aliphatic rings. The van der Waals surface area contributed by atoms with Gasteiger partial charge in [-0.15, -0.1) is 0 Å². The number of ether oxygens (including phenoxy) is 1. The van der Waals surface area contributed by atoms with Crippen molar-refractivity contribution in [3.8, 4) is 0 Å². The van der Waals surface area contributed by atoms with Crippen LogP contribution in [0.4, 0.5) is 8.78 Å². The Bertz CT molecular complexity index is 930. The molecule has 8 heteroatoms. The highest BCUT2D eigenvalue weighted by molar-refractivity contribution is 5.98. The van der Waals surface area contributed by atoms with E-state index >= 15 is 0 Å². The Labute approximate surface area is 166 Å². The van der Waals surface area contributed by atoms with Crippen LogP contribution < -0.4 is 10.6 Å². The Hall–Kier alpha value is -3.55. The molecule has 6 nitrogen and oxygen atoms in total. The van der Waals surface area contributed by atoms with Crippen molar-refractivity contribution < 1.29 is 27.9 Å². The van der Waals surface area contributed by atoms with Gasteiger partial charge >= 0.3 is 5.97 Å². The first-order chi connectivity index (χ1) is 13.8. The van der Waals surface area contributed by atoms with Gasteiger partial charge in [-0.1, -0.05) is 36.4 Å². The first-order valence-electron chi connectivity index (χ1n) is 8.72. The summed E-state index contributed by atoms with van der Waals surface area (Å²) in [6.07, 6.45) is 1.41. The lowest BCUT2D eigenvalue weighted by molar-refractivity contribution is -0.145. The van der Waals surface area contributed by atoms with Crippen molar-refractivity contribution in [2.24, 2.45) is 0 Å². The molecule has 2 N–H and O–H groups in total. The van der Waals surface area contributed by atoms with Crippen LogP contribution in [0.5, 0.6) is 0 Å². The summed E-state index contributed by atoms with van der Waals surface area (Å²) in [6, 6.07) is 11.0. The molecular weight excluding hydrogens is 382 g/mol. The molecule has 2 rings (SSSR count). The fourth-order valence-electron chi connectivity index (χ4n) is 2.47. The van der Waals surface area contributed by atoms with Crippen molar-refractivity contribution in [3.05, 3.63) is 77.0 Å². The van der Waals surface area contributed by atoms with E-state index < -0.39 is 42.1 Å². The first-order valence-corrected chi connectivity index (χ1v) is 8.72. The second-order valence-electron chi connectivity index (χ2n) is 6.18. The van der Waals surface area contributed by atoms with Gasteiger partial charge < -0.3 is 15.4 Å². The van der Waals surface area contributed by atoms with Crippen molar-refractivity contribution in [2.45, 2.75) is 19.9 Å². The molecule has 2 aromatic rings. The fourth-order valence-corrected chi connectivity index (χ4v) is 2.47. The van der Waals surface area contributed by atoms with Gasteiger partial charge in [0, 0.05) is 18.6 Å². The van der Waals surface area contributed by atoms with Gasteiger partial charge in [0.05, 0.1) is 6.04 Å². The summed E-state index contributed by atoms with van der Waals surface area (Å²) in [4.78, 5) is 35.6. The molecule has 0 saturated heterocycles. The quantitative estimate of drug-likeness (QED) is 0.551. The Morgan fingerprint density at radius 1 is 1.10 bits per heavy atom. The van der Waals surface area contributed by atoms with Crippen molar-refractivity contribution in [1.82, 2.24) is 10.6 Å². The predicted molar refractivity (Wildman–Crippen MR) is 102 cm³/mol.